The maximum Gasteiger partial charge on any atom is 0.246 e. The smallest absolute Gasteiger partial charge is 0.246 e. The third-order valence-electron chi connectivity index (χ3n) is 4.09. The van der Waals surface area contributed by atoms with Crippen LogP contribution >= 0.6 is 0 Å². The molecule has 1 fully saturated rings. The molecule has 2 rings (SSSR count). The second-order valence-electron chi connectivity index (χ2n) is 5.85. The summed E-state index contributed by atoms with van der Waals surface area (Å²) in [5.41, 5.74) is 4.18. The predicted octanol–water partition coefficient (Wildman–Crippen LogP) is 1.77. The molecule has 1 saturated heterocycles. The van der Waals surface area contributed by atoms with E-state index < -0.39 is 10.0 Å². The summed E-state index contributed by atoms with van der Waals surface area (Å²) in [6, 6.07) is 5.34. The lowest BCUT2D eigenvalue weighted by Crippen LogP contribution is -2.43. The summed E-state index contributed by atoms with van der Waals surface area (Å²) in [4.78, 5) is 17.1. The Morgan fingerprint density at radius 1 is 1.30 bits per heavy atom. The van der Waals surface area contributed by atoms with Gasteiger partial charge in [-0.15, -0.1) is 0 Å². The molecule has 1 aromatic carbocycles. The molecule has 1 aromatic rings. The molecule has 0 radical (unpaired) electrons. The first-order valence-electron chi connectivity index (χ1n) is 7.85. The lowest BCUT2D eigenvalue weighted by Gasteiger charge is -2.30. The number of hydroxylamine groups is 1. The number of rotatable bonds is 5. The lowest BCUT2D eigenvalue weighted by atomic mass is 9.98. The summed E-state index contributed by atoms with van der Waals surface area (Å²) in [7, 11) is -3.51. The number of nitrogens with one attached hydrogen (secondary N) is 1. The van der Waals surface area contributed by atoms with Crippen LogP contribution in [0.3, 0.4) is 0 Å². The van der Waals surface area contributed by atoms with Crippen molar-refractivity contribution in [3.05, 3.63) is 29.3 Å². The molecule has 128 valence electrons. The molecule has 6 nitrogen and oxygen atoms in total. The molecule has 0 atom stereocenters. The number of amides is 1. The molecule has 7 heteroatoms. The van der Waals surface area contributed by atoms with E-state index in [9.17, 15) is 13.2 Å². The molecule has 0 unspecified atom stereocenters. The Labute approximate surface area is 137 Å². The van der Waals surface area contributed by atoms with Gasteiger partial charge in [0.1, 0.15) is 0 Å². The van der Waals surface area contributed by atoms with Gasteiger partial charge in [-0.3, -0.25) is 9.63 Å². The number of nitrogens with zero attached hydrogens (tertiary/aromatic N) is 1. The zero-order chi connectivity index (χ0) is 17.0. The van der Waals surface area contributed by atoms with Crippen molar-refractivity contribution in [1.29, 1.82) is 0 Å². The molecule has 1 heterocycles. The molecule has 1 N–H and O–H groups in total. The highest BCUT2D eigenvalue weighted by molar-refractivity contribution is 7.89. The van der Waals surface area contributed by atoms with Gasteiger partial charge < -0.3 is 0 Å². The number of benzene rings is 1. The maximum atomic E-state index is 12.8. The number of aryl methyl sites for hydroxylation is 2. The molecule has 0 aromatic heterocycles. The van der Waals surface area contributed by atoms with Crippen LogP contribution in [-0.4, -0.2) is 38.3 Å². The van der Waals surface area contributed by atoms with Gasteiger partial charge in [-0.25, -0.2) is 13.9 Å². The van der Waals surface area contributed by atoms with E-state index in [0.717, 1.165) is 11.1 Å². The third kappa shape index (κ3) is 4.10. The van der Waals surface area contributed by atoms with Gasteiger partial charge in [0.2, 0.25) is 15.9 Å². The van der Waals surface area contributed by atoms with E-state index in [4.69, 9.17) is 4.84 Å². The van der Waals surface area contributed by atoms with E-state index in [1.54, 1.807) is 13.0 Å². The number of carbonyl (C=O) groups excluding carboxylic acids is 1. The quantitative estimate of drug-likeness (QED) is 0.829. The summed E-state index contributed by atoms with van der Waals surface area (Å²) in [6.45, 7) is 6.64. The molecule has 23 heavy (non-hydrogen) atoms. The van der Waals surface area contributed by atoms with Gasteiger partial charge >= 0.3 is 0 Å². The van der Waals surface area contributed by atoms with Crippen molar-refractivity contribution in [3.8, 4) is 0 Å². The van der Waals surface area contributed by atoms with Gasteiger partial charge in [0.05, 0.1) is 11.5 Å². The number of sulfonamides is 1. The average molecular weight is 340 g/mol. The number of piperidine rings is 1. The summed E-state index contributed by atoms with van der Waals surface area (Å²) in [6.07, 6.45) is 1.01. The molecule has 0 aliphatic carbocycles. The topological polar surface area (TPSA) is 75.7 Å². The van der Waals surface area contributed by atoms with E-state index in [1.807, 2.05) is 26.0 Å². The minimum atomic E-state index is -3.51. The van der Waals surface area contributed by atoms with E-state index in [-0.39, 0.29) is 11.8 Å². The number of carbonyl (C=O) groups is 1. The van der Waals surface area contributed by atoms with Crippen LogP contribution in [0.5, 0.6) is 0 Å². The fourth-order valence-electron chi connectivity index (χ4n) is 2.81. The normalized spacial score (nSPS) is 17.2. The van der Waals surface area contributed by atoms with Crippen molar-refractivity contribution in [2.75, 3.05) is 19.7 Å². The Balaban J connectivity index is 2.05. The van der Waals surface area contributed by atoms with Gasteiger partial charge in [-0.1, -0.05) is 17.7 Å². The largest absolute Gasteiger partial charge is 0.274 e. The molecular formula is C16H24N2O4S. The van der Waals surface area contributed by atoms with Gasteiger partial charge in [0.25, 0.3) is 0 Å². The monoisotopic (exact) mass is 340 g/mol. The number of hydrogen-bond acceptors (Lipinski definition) is 4. The Hall–Kier alpha value is -1.44. The summed E-state index contributed by atoms with van der Waals surface area (Å²) >= 11 is 0. The van der Waals surface area contributed by atoms with Crippen molar-refractivity contribution in [2.24, 2.45) is 5.92 Å². The maximum absolute atomic E-state index is 12.8. The molecule has 0 spiro atoms. The second kappa shape index (κ2) is 7.42. The Morgan fingerprint density at radius 3 is 2.52 bits per heavy atom. The highest BCUT2D eigenvalue weighted by Crippen LogP contribution is 2.26. The van der Waals surface area contributed by atoms with Crippen LogP contribution in [0.4, 0.5) is 0 Å². The van der Waals surface area contributed by atoms with Crippen LogP contribution in [0, 0.1) is 19.8 Å². The van der Waals surface area contributed by atoms with Crippen molar-refractivity contribution < 1.29 is 18.0 Å². The van der Waals surface area contributed by atoms with E-state index in [0.29, 0.717) is 37.4 Å². The van der Waals surface area contributed by atoms with Gasteiger partial charge in [0, 0.05) is 19.0 Å². The first-order chi connectivity index (χ1) is 10.9. The minimum Gasteiger partial charge on any atom is -0.274 e. The highest BCUT2D eigenvalue weighted by Gasteiger charge is 2.32. The van der Waals surface area contributed by atoms with Crippen molar-refractivity contribution >= 4 is 15.9 Å². The summed E-state index contributed by atoms with van der Waals surface area (Å²) < 4.78 is 27.0. The first-order valence-corrected chi connectivity index (χ1v) is 9.29. The Kier molecular flexibility index (Phi) is 5.78. The highest BCUT2D eigenvalue weighted by atomic mass is 32.2. The second-order valence-corrected chi connectivity index (χ2v) is 7.75. The van der Waals surface area contributed by atoms with Crippen LogP contribution in [0.2, 0.25) is 0 Å². The van der Waals surface area contributed by atoms with Crippen molar-refractivity contribution in [2.45, 2.75) is 38.5 Å². The zero-order valence-corrected chi connectivity index (χ0v) is 14.6. The zero-order valence-electron chi connectivity index (χ0n) is 13.8. The molecule has 0 bridgehead atoms. The molecule has 0 saturated carbocycles. The van der Waals surface area contributed by atoms with E-state index in [2.05, 4.69) is 5.48 Å². The third-order valence-corrected chi connectivity index (χ3v) is 6.15. The van der Waals surface area contributed by atoms with Crippen LogP contribution in [0.25, 0.3) is 0 Å². The van der Waals surface area contributed by atoms with Crippen molar-refractivity contribution in [1.82, 2.24) is 9.79 Å². The number of hydrogen-bond donors (Lipinski definition) is 1. The van der Waals surface area contributed by atoms with Crippen LogP contribution in [0.15, 0.2) is 23.1 Å². The fourth-order valence-corrected chi connectivity index (χ4v) is 4.49. The van der Waals surface area contributed by atoms with Crippen molar-refractivity contribution in [3.63, 3.8) is 0 Å². The van der Waals surface area contributed by atoms with Gasteiger partial charge in [-0.2, -0.15) is 4.31 Å². The summed E-state index contributed by atoms with van der Waals surface area (Å²) in [5.74, 6) is -0.373. The van der Waals surface area contributed by atoms with E-state index >= 15 is 0 Å². The average Bonchev–Trinajstić information content (AvgIpc) is 2.52. The first kappa shape index (κ1) is 17.9. The standard InChI is InChI=1S/C16H24N2O4S/c1-4-22-17-16(19)14-7-9-18(10-8-14)23(20,21)15-6-5-12(2)11-13(15)3/h5-6,11,14H,4,7-10H2,1-3H3,(H,17,19). The van der Waals surface area contributed by atoms with Gasteiger partial charge in [-0.05, 0) is 45.2 Å². The molecule has 1 amide bonds. The minimum absolute atomic E-state index is 0.171. The Bertz CT molecular complexity index is 665. The summed E-state index contributed by atoms with van der Waals surface area (Å²) in [5, 5.41) is 0. The molecule has 1 aliphatic rings. The van der Waals surface area contributed by atoms with Gasteiger partial charge in [0.15, 0.2) is 0 Å². The fraction of sp³-hybridized carbons (Fsp3) is 0.562. The van der Waals surface area contributed by atoms with Crippen LogP contribution < -0.4 is 5.48 Å². The Morgan fingerprint density at radius 2 is 1.96 bits per heavy atom. The van der Waals surface area contributed by atoms with Crippen LogP contribution in [-0.2, 0) is 19.7 Å². The SMILES string of the molecule is CCONC(=O)C1CCN(S(=O)(=O)c2ccc(C)cc2C)CC1. The molecular weight excluding hydrogens is 316 g/mol. The predicted molar refractivity (Wildman–Crippen MR) is 87.2 cm³/mol. The molecule has 1 aliphatic heterocycles. The van der Waals surface area contributed by atoms with E-state index in [1.165, 1.54) is 4.31 Å². The lowest BCUT2D eigenvalue weighted by molar-refractivity contribution is -0.138. The van der Waals surface area contributed by atoms with Crippen LogP contribution in [0.1, 0.15) is 30.9 Å².